The number of nitrogens with one attached hydrogen (secondary N) is 1. The van der Waals surface area contributed by atoms with Crippen molar-refractivity contribution < 1.29 is 18.3 Å². The molecule has 21 heavy (non-hydrogen) atoms. The van der Waals surface area contributed by atoms with Crippen LogP contribution in [0.3, 0.4) is 0 Å². The molecule has 0 unspecified atom stereocenters. The van der Waals surface area contributed by atoms with Crippen LogP contribution in [0.4, 0.5) is 5.69 Å². The fraction of sp³-hybridized carbons (Fsp3) is 0.214. The van der Waals surface area contributed by atoms with Crippen molar-refractivity contribution in [2.75, 3.05) is 4.72 Å². The zero-order valence-corrected chi connectivity index (χ0v) is 13.2. The first kappa shape index (κ1) is 15.5. The monoisotopic (exact) mass is 325 g/mol. The van der Waals surface area contributed by atoms with Gasteiger partial charge in [-0.3, -0.25) is 4.72 Å². The number of anilines is 1. The molecule has 2 rings (SSSR count). The minimum absolute atomic E-state index is 0.155. The molecule has 2 aromatic rings. The molecule has 1 heterocycles. The molecule has 0 saturated carbocycles. The Morgan fingerprint density at radius 3 is 2.52 bits per heavy atom. The van der Waals surface area contributed by atoms with Crippen LogP contribution in [0.1, 0.15) is 27.7 Å². The van der Waals surface area contributed by atoms with E-state index in [1.165, 1.54) is 29.5 Å². The number of aryl methyl sites for hydroxylation is 2. The van der Waals surface area contributed by atoms with E-state index in [0.29, 0.717) is 11.3 Å². The molecule has 0 aliphatic carbocycles. The Hall–Kier alpha value is -1.86. The van der Waals surface area contributed by atoms with Crippen molar-refractivity contribution in [3.8, 4) is 0 Å². The molecule has 7 heteroatoms. The molecule has 0 saturated heterocycles. The Morgan fingerprint density at radius 1 is 1.29 bits per heavy atom. The molecule has 2 N–H and O–H groups in total. The lowest BCUT2D eigenvalue weighted by Crippen LogP contribution is -2.12. The van der Waals surface area contributed by atoms with Gasteiger partial charge in [-0.15, -0.1) is 11.3 Å². The predicted molar refractivity (Wildman–Crippen MR) is 82.6 cm³/mol. The predicted octanol–water partition coefficient (Wildman–Crippen LogP) is 3.12. The molecule has 0 fully saturated rings. The Bertz CT molecular complexity index is 778. The number of hydrogen-bond acceptors (Lipinski definition) is 4. The average Bonchev–Trinajstić information content (AvgIpc) is 2.87. The highest BCUT2D eigenvalue weighted by Crippen LogP contribution is 2.25. The molecular formula is C14H15NO4S2. The van der Waals surface area contributed by atoms with Crippen LogP contribution in [0.25, 0.3) is 0 Å². The van der Waals surface area contributed by atoms with Gasteiger partial charge in [-0.1, -0.05) is 6.92 Å². The highest BCUT2D eigenvalue weighted by molar-refractivity contribution is 7.94. The minimum Gasteiger partial charge on any atom is -0.478 e. The lowest BCUT2D eigenvalue weighted by molar-refractivity contribution is 0.0696. The molecule has 0 spiro atoms. The quantitative estimate of drug-likeness (QED) is 0.884. The first-order valence-electron chi connectivity index (χ1n) is 6.29. The zero-order valence-electron chi connectivity index (χ0n) is 11.6. The second-order valence-corrected chi connectivity index (χ2v) is 7.59. The van der Waals surface area contributed by atoms with E-state index in [-0.39, 0.29) is 9.77 Å². The third kappa shape index (κ3) is 3.43. The normalized spacial score (nSPS) is 11.3. The van der Waals surface area contributed by atoms with Crippen LogP contribution in [0.2, 0.25) is 0 Å². The number of carbonyl (C=O) groups is 1. The maximum Gasteiger partial charge on any atom is 0.335 e. The fourth-order valence-electron chi connectivity index (χ4n) is 1.87. The van der Waals surface area contributed by atoms with Crippen LogP contribution in [-0.4, -0.2) is 19.5 Å². The van der Waals surface area contributed by atoms with Gasteiger partial charge in [0.2, 0.25) is 0 Å². The van der Waals surface area contributed by atoms with Crippen LogP contribution >= 0.6 is 11.3 Å². The zero-order chi connectivity index (χ0) is 15.6. The van der Waals surface area contributed by atoms with Gasteiger partial charge in [-0.2, -0.15) is 0 Å². The molecule has 0 bridgehead atoms. The fourth-order valence-corrected chi connectivity index (χ4v) is 4.21. The molecule has 0 radical (unpaired) electrons. The van der Waals surface area contributed by atoms with Crippen LogP contribution in [0.5, 0.6) is 0 Å². The number of hydrogen-bond donors (Lipinski definition) is 2. The SMILES string of the molecule is CCc1ccc(S(=O)(=O)Nc2ccc(C(=O)O)c(C)c2)s1. The summed E-state index contributed by atoms with van der Waals surface area (Å²) in [5.41, 5.74) is 1.01. The van der Waals surface area contributed by atoms with Gasteiger partial charge < -0.3 is 5.11 Å². The maximum atomic E-state index is 12.2. The van der Waals surface area contributed by atoms with Crippen molar-refractivity contribution in [3.05, 3.63) is 46.3 Å². The largest absolute Gasteiger partial charge is 0.478 e. The number of carboxylic acid groups (broad SMARTS) is 1. The standard InChI is InChI=1S/C14H15NO4S2/c1-3-11-5-7-13(20-11)21(18,19)15-10-4-6-12(14(16)17)9(2)8-10/h4-8,15H,3H2,1-2H3,(H,16,17). The van der Waals surface area contributed by atoms with Gasteiger partial charge in [0.05, 0.1) is 5.56 Å². The summed E-state index contributed by atoms with van der Waals surface area (Å²) in [4.78, 5) is 11.9. The second kappa shape index (κ2) is 5.87. The van der Waals surface area contributed by atoms with Crippen LogP contribution < -0.4 is 4.72 Å². The third-order valence-electron chi connectivity index (χ3n) is 2.96. The van der Waals surface area contributed by atoms with Crippen molar-refractivity contribution in [2.24, 2.45) is 0 Å². The number of aromatic carboxylic acids is 1. The highest BCUT2D eigenvalue weighted by Gasteiger charge is 2.17. The Kier molecular flexibility index (Phi) is 4.34. The first-order chi connectivity index (χ1) is 9.83. The summed E-state index contributed by atoms with van der Waals surface area (Å²) in [7, 11) is -3.63. The van der Waals surface area contributed by atoms with E-state index in [9.17, 15) is 13.2 Å². The van der Waals surface area contributed by atoms with Crippen molar-refractivity contribution in [1.82, 2.24) is 0 Å². The minimum atomic E-state index is -3.63. The van der Waals surface area contributed by atoms with Gasteiger partial charge in [-0.05, 0) is 49.2 Å². The van der Waals surface area contributed by atoms with Crippen molar-refractivity contribution in [2.45, 2.75) is 24.5 Å². The number of thiophene rings is 1. The Balaban J connectivity index is 2.28. The lowest BCUT2D eigenvalue weighted by Gasteiger charge is -2.08. The van der Waals surface area contributed by atoms with Crippen LogP contribution in [-0.2, 0) is 16.4 Å². The summed E-state index contributed by atoms with van der Waals surface area (Å²) in [6.07, 6.45) is 0.784. The van der Waals surface area contributed by atoms with Crippen molar-refractivity contribution in [3.63, 3.8) is 0 Å². The number of benzene rings is 1. The van der Waals surface area contributed by atoms with Gasteiger partial charge in [0.15, 0.2) is 0 Å². The van der Waals surface area contributed by atoms with Crippen LogP contribution in [0, 0.1) is 6.92 Å². The van der Waals surface area contributed by atoms with Gasteiger partial charge in [0, 0.05) is 10.6 Å². The van der Waals surface area contributed by atoms with Gasteiger partial charge in [0.1, 0.15) is 4.21 Å². The van der Waals surface area contributed by atoms with E-state index in [2.05, 4.69) is 4.72 Å². The van der Waals surface area contributed by atoms with Gasteiger partial charge >= 0.3 is 5.97 Å². The van der Waals surface area contributed by atoms with E-state index in [4.69, 9.17) is 5.11 Å². The summed E-state index contributed by atoms with van der Waals surface area (Å²) < 4.78 is 27.2. The number of sulfonamides is 1. The van der Waals surface area contributed by atoms with Crippen LogP contribution in [0.15, 0.2) is 34.5 Å². The molecule has 0 aliphatic rings. The lowest BCUT2D eigenvalue weighted by atomic mass is 10.1. The number of rotatable bonds is 5. The summed E-state index contributed by atoms with van der Waals surface area (Å²) in [6, 6.07) is 7.71. The van der Waals surface area contributed by atoms with E-state index >= 15 is 0 Å². The molecule has 112 valence electrons. The number of carboxylic acids is 1. The van der Waals surface area contributed by atoms with E-state index in [0.717, 1.165) is 11.3 Å². The molecule has 1 aromatic carbocycles. The summed E-state index contributed by atoms with van der Waals surface area (Å²) >= 11 is 1.23. The van der Waals surface area contributed by atoms with Gasteiger partial charge in [-0.25, -0.2) is 13.2 Å². The Morgan fingerprint density at radius 2 is 2.00 bits per heavy atom. The smallest absolute Gasteiger partial charge is 0.335 e. The highest BCUT2D eigenvalue weighted by atomic mass is 32.2. The molecule has 0 amide bonds. The van der Waals surface area contributed by atoms with E-state index in [1.54, 1.807) is 19.1 Å². The first-order valence-corrected chi connectivity index (χ1v) is 8.59. The molecule has 0 aliphatic heterocycles. The summed E-state index contributed by atoms with van der Waals surface area (Å²) in [6.45, 7) is 3.59. The molecule has 0 atom stereocenters. The van der Waals surface area contributed by atoms with Crippen molar-refractivity contribution >= 4 is 33.0 Å². The van der Waals surface area contributed by atoms with Gasteiger partial charge in [0.25, 0.3) is 10.0 Å². The second-order valence-electron chi connectivity index (χ2n) is 4.51. The summed E-state index contributed by atoms with van der Waals surface area (Å²) in [5.74, 6) is -1.03. The summed E-state index contributed by atoms with van der Waals surface area (Å²) in [5, 5.41) is 8.96. The Labute approximate surface area is 127 Å². The molecule has 1 aromatic heterocycles. The third-order valence-corrected chi connectivity index (χ3v) is 6.06. The topological polar surface area (TPSA) is 83.5 Å². The van der Waals surface area contributed by atoms with E-state index in [1.807, 2.05) is 6.92 Å². The maximum absolute atomic E-state index is 12.2. The van der Waals surface area contributed by atoms with Crippen molar-refractivity contribution in [1.29, 1.82) is 0 Å². The average molecular weight is 325 g/mol. The molecule has 5 nitrogen and oxygen atoms in total. The molecular weight excluding hydrogens is 310 g/mol. The van der Waals surface area contributed by atoms with E-state index < -0.39 is 16.0 Å².